The molecule has 4 N–H and O–H groups in total. The van der Waals surface area contributed by atoms with Crippen LogP contribution in [0.3, 0.4) is 0 Å². The molecule has 14 heteroatoms. The zero-order valence-electron chi connectivity index (χ0n) is 21.8. The van der Waals surface area contributed by atoms with E-state index < -0.39 is 21.7 Å². The molecule has 1 amide bonds. The third-order valence-electron chi connectivity index (χ3n) is 7.19. The van der Waals surface area contributed by atoms with E-state index in [0.717, 1.165) is 24.7 Å². The highest BCUT2D eigenvalue weighted by Gasteiger charge is 2.28. The number of halogens is 2. The van der Waals surface area contributed by atoms with Crippen molar-refractivity contribution < 1.29 is 17.6 Å². The molecule has 2 saturated carbocycles. The number of benzene rings is 1. The molecule has 0 bridgehead atoms. The van der Waals surface area contributed by atoms with Crippen LogP contribution in [0.4, 0.5) is 21.6 Å². The van der Waals surface area contributed by atoms with Gasteiger partial charge in [-0.1, -0.05) is 23.7 Å². The number of amides is 1. The summed E-state index contributed by atoms with van der Waals surface area (Å²) in [6.07, 6.45) is 8.59. The Labute approximate surface area is 241 Å². The van der Waals surface area contributed by atoms with Gasteiger partial charge in [0.2, 0.25) is 10.0 Å². The Balaban J connectivity index is 1.17. The fourth-order valence-corrected chi connectivity index (χ4v) is 6.75. The zero-order valence-corrected chi connectivity index (χ0v) is 23.4. The van der Waals surface area contributed by atoms with E-state index in [1.54, 1.807) is 18.2 Å². The predicted molar refractivity (Wildman–Crippen MR) is 153 cm³/mol. The number of rotatable bonds is 9. The van der Waals surface area contributed by atoms with E-state index in [0.29, 0.717) is 43.2 Å². The van der Waals surface area contributed by atoms with Crippen molar-refractivity contribution in [3.63, 3.8) is 0 Å². The van der Waals surface area contributed by atoms with Crippen molar-refractivity contribution in [2.75, 3.05) is 16.0 Å². The summed E-state index contributed by atoms with van der Waals surface area (Å²) in [5.74, 6) is -0.662. The van der Waals surface area contributed by atoms with E-state index in [1.807, 2.05) is 6.07 Å². The van der Waals surface area contributed by atoms with Gasteiger partial charge in [-0.25, -0.2) is 27.0 Å². The maximum atomic E-state index is 14.1. The fourth-order valence-electron chi connectivity index (χ4n) is 4.92. The Morgan fingerprint density at radius 3 is 2.39 bits per heavy atom. The minimum Gasteiger partial charge on any atom is -0.379 e. The monoisotopic (exact) mass is 598 g/mol. The summed E-state index contributed by atoms with van der Waals surface area (Å²) in [5, 5.41) is 14.3. The first kappa shape index (κ1) is 27.4. The third kappa shape index (κ3) is 6.11. The van der Waals surface area contributed by atoms with Crippen molar-refractivity contribution >= 4 is 50.4 Å². The van der Waals surface area contributed by atoms with Crippen molar-refractivity contribution in [1.29, 1.82) is 0 Å². The van der Waals surface area contributed by atoms with Crippen LogP contribution in [-0.2, 0) is 10.0 Å². The molecule has 3 aromatic heterocycles. The Morgan fingerprint density at radius 1 is 0.951 bits per heavy atom. The number of pyridine rings is 1. The molecule has 2 aliphatic rings. The average molecular weight is 599 g/mol. The highest BCUT2D eigenvalue weighted by Crippen LogP contribution is 2.30. The van der Waals surface area contributed by atoms with E-state index in [4.69, 9.17) is 11.6 Å². The van der Waals surface area contributed by atoms with Crippen molar-refractivity contribution in [2.24, 2.45) is 0 Å². The van der Waals surface area contributed by atoms with Crippen LogP contribution in [0.1, 0.15) is 49.0 Å². The summed E-state index contributed by atoms with van der Waals surface area (Å²) in [6.45, 7) is 0. The molecule has 0 atom stereocenters. The van der Waals surface area contributed by atoms with Gasteiger partial charge in [0, 0.05) is 30.4 Å². The molecule has 41 heavy (non-hydrogen) atoms. The molecule has 4 aromatic rings. The molecular weight excluding hydrogens is 571 g/mol. The van der Waals surface area contributed by atoms with E-state index in [-0.39, 0.29) is 33.4 Å². The van der Waals surface area contributed by atoms with E-state index >= 15 is 0 Å². The summed E-state index contributed by atoms with van der Waals surface area (Å²) in [7, 11) is -3.73. The molecule has 2 fully saturated rings. The summed E-state index contributed by atoms with van der Waals surface area (Å²) < 4.78 is 44.0. The van der Waals surface area contributed by atoms with Gasteiger partial charge in [0.25, 0.3) is 5.91 Å². The van der Waals surface area contributed by atoms with E-state index in [1.165, 1.54) is 29.0 Å². The summed E-state index contributed by atoms with van der Waals surface area (Å²) in [6, 6.07) is 9.79. The molecule has 0 spiro atoms. The number of hydrogen-bond donors (Lipinski definition) is 4. The number of sulfonamides is 1. The summed E-state index contributed by atoms with van der Waals surface area (Å²) >= 11 is 6.11. The molecule has 214 valence electrons. The SMILES string of the molecule is O=C(Nc1ccncc1F)c1cnc2c(NC3CC3)cc(NC3CCC(NS(=O)(=O)c4ccccc4Cl)CC3)nn12. The van der Waals surface area contributed by atoms with Gasteiger partial charge in [0.15, 0.2) is 17.2 Å². The molecular formula is C27H28ClFN8O3S. The topological polar surface area (TPSA) is 142 Å². The van der Waals surface area contributed by atoms with Gasteiger partial charge in [-0.15, -0.1) is 5.10 Å². The summed E-state index contributed by atoms with van der Waals surface area (Å²) in [5.41, 5.74) is 1.38. The van der Waals surface area contributed by atoms with Crippen LogP contribution in [0.5, 0.6) is 0 Å². The minimum atomic E-state index is -3.73. The largest absolute Gasteiger partial charge is 0.379 e. The van der Waals surface area contributed by atoms with Crippen LogP contribution in [0.25, 0.3) is 5.65 Å². The number of hydrogen-bond acceptors (Lipinski definition) is 8. The number of aromatic nitrogens is 4. The summed E-state index contributed by atoms with van der Waals surface area (Å²) in [4.78, 5) is 21.3. The number of carbonyl (C=O) groups excluding carboxylic acids is 1. The Kier molecular flexibility index (Phi) is 7.49. The smallest absolute Gasteiger partial charge is 0.276 e. The van der Waals surface area contributed by atoms with Crippen LogP contribution in [0, 0.1) is 5.82 Å². The number of carbonyl (C=O) groups is 1. The lowest BCUT2D eigenvalue weighted by molar-refractivity contribution is 0.102. The number of nitrogens with zero attached hydrogens (tertiary/aromatic N) is 4. The number of nitrogens with one attached hydrogen (secondary N) is 4. The Hall–Kier alpha value is -3.81. The lowest BCUT2D eigenvalue weighted by Crippen LogP contribution is -2.40. The van der Waals surface area contributed by atoms with Gasteiger partial charge < -0.3 is 16.0 Å². The number of imidazole rings is 1. The lowest BCUT2D eigenvalue weighted by atomic mass is 9.92. The van der Waals surface area contributed by atoms with Crippen LogP contribution in [0.15, 0.2) is 59.9 Å². The second kappa shape index (κ2) is 11.2. The van der Waals surface area contributed by atoms with Crippen molar-refractivity contribution in [1.82, 2.24) is 24.3 Å². The molecule has 3 heterocycles. The first-order chi connectivity index (χ1) is 19.8. The fraction of sp³-hybridized carbons (Fsp3) is 0.333. The van der Waals surface area contributed by atoms with E-state index in [2.05, 4.69) is 35.7 Å². The minimum absolute atomic E-state index is 0.00692. The molecule has 1 aromatic carbocycles. The third-order valence-corrected chi connectivity index (χ3v) is 9.21. The lowest BCUT2D eigenvalue weighted by Gasteiger charge is -2.30. The van der Waals surface area contributed by atoms with Crippen molar-refractivity contribution in [2.45, 2.75) is 61.5 Å². The molecule has 0 radical (unpaired) electrons. The second-order valence-electron chi connectivity index (χ2n) is 10.3. The van der Waals surface area contributed by atoms with Gasteiger partial charge >= 0.3 is 0 Å². The van der Waals surface area contributed by atoms with Gasteiger partial charge in [-0.05, 0) is 56.7 Å². The second-order valence-corrected chi connectivity index (χ2v) is 12.4. The Morgan fingerprint density at radius 2 is 1.66 bits per heavy atom. The average Bonchev–Trinajstić information content (AvgIpc) is 3.66. The first-order valence-electron chi connectivity index (χ1n) is 13.4. The highest BCUT2D eigenvalue weighted by atomic mass is 35.5. The molecule has 0 aliphatic heterocycles. The quantitative estimate of drug-likeness (QED) is 0.221. The first-order valence-corrected chi connectivity index (χ1v) is 15.2. The molecule has 0 unspecified atom stereocenters. The maximum absolute atomic E-state index is 14.1. The van der Waals surface area contributed by atoms with Crippen LogP contribution in [0.2, 0.25) is 5.02 Å². The molecule has 6 rings (SSSR count). The van der Waals surface area contributed by atoms with Gasteiger partial charge in [0.1, 0.15) is 10.7 Å². The van der Waals surface area contributed by atoms with E-state index in [9.17, 15) is 17.6 Å². The maximum Gasteiger partial charge on any atom is 0.276 e. The zero-order chi connectivity index (χ0) is 28.6. The van der Waals surface area contributed by atoms with Crippen LogP contribution >= 0.6 is 11.6 Å². The van der Waals surface area contributed by atoms with Crippen molar-refractivity contribution in [3.05, 3.63) is 71.5 Å². The van der Waals surface area contributed by atoms with Crippen LogP contribution in [-0.4, -0.2) is 52.0 Å². The van der Waals surface area contributed by atoms with Gasteiger partial charge in [-0.3, -0.25) is 9.78 Å². The van der Waals surface area contributed by atoms with Crippen molar-refractivity contribution in [3.8, 4) is 0 Å². The standard InChI is InChI=1S/C27H28ClFN8O3S/c28-19-3-1-2-4-24(19)41(39,40)36-18-9-7-17(8-10-18)33-25-13-22(32-16-5-6-16)26-31-15-23(37(26)35-25)27(38)34-21-11-12-30-14-20(21)29/h1-4,11-18,32,36H,5-10H2,(H,33,35)(H,30,34,38). The number of fused-ring (bicyclic) bond motifs is 1. The number of anilines is 3. The van der Waals surface area contributed by atoms with Gasteiger partial charge in [0.05, 0.1) is 28.8 Å². The molecule has 11 nitrogen and oxygen atoms in total. The normalized spacial score (nSPS) is 19.2. The predicted octanol–water partition coefficient (Wildman–Crippen LogP) is 4.45. The molecule has 0 saturated heterocycles. The molecule has 2 aliphatic carbocycles. The van der Waals surface area contributed by atoms with Gasteiger partial charge in [-0.2, -0.15) is 0 Å². The Bertz CT molecular complexity index is 1700. The van der Waals surface area contributed by atoms with Crippen LogP contribution < -0.4 is 20.7 Å². The highest BCUT2D eigenvalue weighted by molar-refractivity contribution is 7.89.